The van der Waals surface area contributed by atoms with E-state index in [-0.39, 0.29) is 6.10 Å². The van der Waals surface area contributed by atoms with Gasteiger partial charge in [0.25, 0.3) is 0 Å². The van der Waals surface area contributed by atoms with Crippen molar-refractivity contribution in [2.45, 2.75) is 13.0 Å². The van der Waals surface area contributed by atoms with Gasteiger partial charge in [-0.1, -0.05) is 0 Å². The summed E-state index contributed by atoms with van der Waals surface area (Å²) in [7, 11) is 0. The van der Waals surface area contributed by atoms with Crippen LogP contribution in [-0.2, 0) is 0 Å². The molecule has 0 unspecified atom stereocenters. The zero-order chi connectivity index (χ0) is 8.39. The van der Waals surface area contributed by atoms with E-state index in [0.717, 1.165) is 18.7 Å². The molecule has 0 aromatic carbocycles. The van der Waals surface area contributed by atoms with Crippen molar-refractivity contribution in [3.63, 3.8) is 0 Å². The fourth-order valence-electron chi connectivity index (χ4n) is 0.936. The van der Waals surface area contributed by atoms with Gasteiger partial charge >= 0.3 is 6.01 Å². The summed E-state index contributed by atoms with van der Waals surface area (Å²) in [5.41, 5.74) is 1.05. The lowest BCUT2D eigenvalue weighted by Gasteiger charge is -2.26. The quantitative estimate of drug-likeness (QED) is 0.677. The van der Waals surface area contributed by atoms with Crippen LogP contribution >= 0.6 is 0 Å². The van der Waals surface area contributed by atoms with Crippen molar-refractivity contribution in [2.75, 3.05) is 13.1 Å². The van der Waals surface area contributed by atoms with Crippen LogP contribution in [0.15, 0.2) is 12.4 Å². The van der Waals surface area contributed by atoms with Crippen LogP contribution in [0.2, 0.25) is 0 Å². The first-order valence-corrected chi connectivity index (χ1v) is 4.00. The second kappa shape index (κ2) is 3.06. The van der Waals surface area contributed by atoms with Crippen LogP contribution in [0.5, 0.6) is 6.01 Å². The Bertz CT molecular complexity index is 256. The lowest BCUT2D eigenvalue weighted by molar-refractivity contribution is 0.129. The predicted molar refractivity (Wildman–Crippen MR) is 44.1 cm³/mol. The number of ether oxygens (including phenoxy) is 1. The molecule has 1 aromatic rings. The van der Waals surface area contributed by atoms with Gasteiger partial charge in [0.2, 0.25) is 0 Å². The standard InChI is InChI=1S/C8H11N3O/c1-6-2-10-8(11-3-6)12-7-4-9-5-7/h2-3,7,9H,4-5H2,1H3. The molecule has 0 bridgehead atoms. The van der Waals surface area contributed by atoms with Crippen LogP contribution in [0.1, 0.15) is 5.56 Å². The number of aryl methyl sites for hydroxylation is 1. The second-order valence-corrected chi connectivity index (χ2v) is 2.94. The van der Waals surface area contributed by atoms with Gasteiger partial charge in [-0.25, -0.2) is 9.97 Å². The molecule has 4 heteroatoms. The van der Waals surface area contributed by atoms with E-state index in [4.69, 9.17) is 4.74 Å². The molecule has 1 aliphatic rings. The van der Waals surface area contributed by atoms with E-state index in [2.05, 4.69) is 15.3 Å². The molecule has 1 fully saturated rings. The summed E-state index contributed by atoms with van der Waals surface area (Å²) in [6.45, 7) is 3.75. The molecule has 0 saturated carbocycles. The summed E-state index contributed by atoms with van der Waals surface area (Å²) >= 11 is 0. The van der Waals surface area contributed by atoms with Crippen molar-refractivity contribution in [2.24, 2.45) is 0 Å². The van der Waals surface area contributed by atoms with Crippen LogP contribution in [-0.4, -0.2) is 29.2 Å². The molecule has 0 spiro atoms. The molecule has 1 aliphatic heterocycles. The summed E-state index contributed by atoms with van der Waals surface area (Å²) in [5, 5.41) is 3.11. The number of rotatable bonds is 2. The molecule has 4 nitrogen and oxygen atoms in total. The highest BCUT2D eigenvalue weighted by Gasteiger charge is 2.18. The topological polar surface area (TPSA) is 47.0 Å². The van der Waals surface area contributed by atoms with E-state index in [1.807, 2.05) is 6.92 Å². The molecular weight excluding hydrogens is 154 g/mol. The maximum Gasteiger partial charge on any atom is 0.316 e. The fraction of sp³-hybridized carbons (Fsp3) is 0.500. The Labute approximate surface area is 71.0 Å². The van der Waals surface area contributed by atoms with E-state index >= 15 is 0 Å². The van der Waals surface area contributed by atoms with Gasteiger partial charge in [-0.15, -0.1) is 0 Å². The summed E-state index contributed by atoms with van der Waals surface area (Å²) < 4.78 is 5.42. The third-order valence-corrected chi connectivity index (χ3v) is 1.77. The molecule has 1 saturated heterocycles. The Morgan fingerprint density at radius 3 is 2.58 bits per heavy atom. The Kier molecular flexibility index (Phi) is 1.91. The van der Waals surface area contributed by atoms with E-state index in [9.17, 15) is 0 Å². The highest BCUT2D eigenvalue weighted by Crippen LogP contribution is 2.06. The van der Waals surface area contributed by atoms with E-state index in [1.54, 1.807) is 12.4 Å². The molecule has 0 radical (unpaired) electrons. The molecule has 2 heterocycles. The van der Waals surface area contributed by atoms with Crippen molar-refractivity contribution in [1.82, 2.24) is 15.3 Å². The number of nitrogens with zero attached hydrogens (tertiary/aromatic N) is 2. The lowest BCUT2D eigenvalue weighted by atomic mass is 10.2. The normalized spacial score (nSPS) is 17.1. The minimum atomic E-state index is 0.257. The van der Waals surface area contributed by atoms with Gasteiger partial charge in [-0.2, -0.15) is 0 Å². The highest BCUT2D eigenvalue weighted by atomic mass is 16.5. The van der Waals surface area contributed by atoms with Gasteiger partial charge in [-0.3, -0.25) is 0 Å². The van der Waals surface area contributed by atoms with Crippen LogP contribution in [0.25, 0.3) is 0 Å². The lowest BCUT2D eigenvalue weighted by Crippen LogP contribution is -2.50. The first kappa shape index (κ1) is 7.49. The van der Waals surface area contributed by atoms with Gasteiger partial charge in [0.1, 0.15) is 6.10 Å². The minimum Gasteiger partial charge on any atom is -0.457 e. The van der Waals surface area contributed by atoms with Crippen LogP contribution in [0, 0.1) is 6.92 Å². The first-order valence-electron chi connectivity index (χ1n) is 4.00. The molecule has 0 amide bonds. The zero-order valence-corrected chi connectivity index (χ0v) is 6.95. The fourth-order valence-corrected chi connectivity index (χ4v) is 0.936. The predicted octanol–water partition coefficient (Wildman–Crippen LogP) is 0.136. The van der Waals surface area contributed by atoms with E-state index in [0.29, 0.717) is 6.01 Å². The highest BCUT2D eigenvalue weighted by molar-refractivity contribution is 5.05. The first-order chi connectivity index (χ1) is 5.84. The zero-order valence-electron chi connectivity index (χ0n) is 6.95. The smallest absolute Gasteiger partial charge is 0.316 e. The number of hydrogen-bond acceptors (Lipinski definition) is 4. The SMILES string of the molecule is Cc1cnc(OC2CNC2)nc1. The molecule has 64 valence electrons. The van der Waals surface area contributed by atoms with Crippen molar-refractivity contribution in [1.29, 1.82) is 0 Å². The molecule has 2 rings (SSSR count). The van der Waals surface area contributed by atoms with Crippen LogP contribution in [0.3, 0.4) is 0 Å². The van der Waals surface area contributed by atoms with Gasteiger partial charge in [0.15, 0.2) is 0 Å². The van der Waals surface area contributed by atoms with Crippen LogP contribution in [0.4, 0.5) is 0 Å². The van der Waals surface area contributed by atoms with E-state index < -0.39 is 0 Å². The number of aromatic nitrogens is 2. The monoisotopic (exact) mass is 165 g/mol. The minimum absolute atomic E-state index is 0.257. The average molecular weight is 165 g/mol. The van der Waals surface area contributed by atoms with Gasteiger partial charge in [0.05, 0.1) is 0 Å². The second-order valence-electron chi connectivity index (χ2n) is 2.94. The number of hydrogen-bond donors (Lipinski definition) is 1. The van der Waals surface area contributed by atoms with E-state index in [1.165, 1.54) is 0 Å². The van der Waals surface area contributed by atoms with Crippen molar-refractivity contribution < 1.29 is 4.74 Å². The maximum atomic E-state index is 5.42. The van der Waals surface area contributed by atoms with Crippen molar-refractivity contribution >= 4 is 0 Å². The van der Waals surface area contributed by atoms with Gasteiger partial charge in [0, 0.05) is 25.5 Å². The van der Waals surface area contributed by atoms with Crippen molar-refractivity contribution in [3.8, 4) is 6.01 Å². The average Bonchev–Trinajstić information content (AvgIpc) is 2.00. The molecule has 0 atom stereocenters. The summed E-state index contributed by atoms with van der Waals surface area (Å²) in [4.78, 5) is 8.08. The largest absolute Gasteiger partial charge is 0.457 e. The molecule has 0 aliphatic carbocycles. The Hall–Kier alpha value is -1.16. The Morgan fingerprint density at radius 1 is 1.42 bits per heavy atom. The Morgan fingerprint density at radius 2 is 2.08 bits per heavy atom. The Balaban J connectivity index is 1.98. The van der Waals surface area contributed by atoms with Gasteiger partial charge < -0.3 is 10.1 Å². The third kappa shape index (κ3) is 1.53. The molecule has 1 aromatic heterocycles. The number of nitrogens with one attached hydrogen (secondary N) is 1. The van der Waals surface area contributed by atoms with Gasteiger partial charge in [-0.05, 0) is 12.5 Å². The van der Waals surface area contributed by atoms with Crippen molar-refractivity contribution in [3.05, 3.63) is 18.0 Å². The molecule has 12 heavy (non-hydrogen) atoms. The molecule has 1 N–H and O–H groups in total. The third-order valence-electron chi connectivity index (χ3n) is 1.77. The summed E-state index contributed by atoms with van der Waals surface area (Å²) in [5.74, 6) is 0. The summed E-state index contributed by atoms with van der Waals surface area (Å²) in [6.07, 6.45) is 3.77. The maximum absolute atomic E-state index is 5.42. The van der Waals surface area contributed by atoms with Crippen LogP contribution < -0.4 is 10.1 Å². The summed E-state index contributed by atoms with van der Waals surface area (Å²) in [6, 6.07) is 0.479. The molecular formula is C8H11N3O.